The highest BCUT2D eigenvalue weighted by Gasteiger charge is 2.11. The lowest BCUT2D eigenvalue weighted by Crippen LogP contribution is -1.82. The summed E-state index contributed by atoms with van der Waals surface area (Å²) in [6.07, 6.45) is 2.26. The van der Waals surface area contributed by atoms with Crippen LogP contribution in [0.5, 0.6) is 0 Å². The number of benzene rings is 1. The molecule has 0 aliphatic heterocycles. The molecule has 0 aliphatic rings. The molecule has 2 rings (SSSR count). The zero-order valence-electron chi connectivity index (χ0n) is 8.21. The van der Waals surface area contributed by atoms with E-state index in [0.717, 1.165) is 27.3 Å². The van der Waals surface area contributed by atoms with Crippen LogP contribution in [0.15, 0.2) is 33.9 Å². The van der Waals surface area contributed by atoms with Crippen LogP contribution < -0.4 is 0 Å². The van der Waals surface area contributed by atoms with Gasteiger partial charge < -0.3 is 4.42 Å². The second-order valence-electron chi connectivity index (χ2n) is 3.42. The van der Waals surface area contributed by atoms with Crippen molar-refractivity contribution in [3.63, 3.8) is 0 Å². The van der Waals surface area contributed by atoms with Gasteiger partial charge in [0.1, 0.15) is 11.8 Å². The van der Waals surface area contributed by atoms with Gasteiger partial charge in [-0.25, -0.2) is 0 Å². The van der Waals surface area contributed by atoms with Gasteiger partial charge in [-0.05, 0) is 24.6 Å². The molecule has 1 heterocycles. The fraction of sp³-hybridized carbons (Fsp3) is 0.0833. The highest BCUT2D eigenvalue weighted by Crippen LogP contribution is 2.31. The van der Waals surface area contributed by atoms with Gasteiger partial charge in [-0.1, -0.05) is 22.5 Å². The Hall–Kier alpha value is -1.35. The SMILES string of the molecule is C=C(C)c1cc(Br)cc2c(C=O)coc12. The summed E-state index contributed by atoms with van der Waals surface area (Å²) in [6, 6.07) is 3.80. The zero-order chi connectivity index (χ0) is 11.0. The third kappa shape index (κ3) is 1.63. The standard InChI is InChI=1S/C12H9BrO2/c1-7(2)10-3-9(13)4-11-8(5-14)6-15-12(10)11/h3-6H,1H2,2H3. The summed E-state index contributed by atoms with van der Waals surface area (Å²) in [5, 5.41) is 0.817. The van der Waals surface area contributed by atoms with E-state index in [-0.39, 0.29) is 0 Å². The predicted molar refractivity (Wildman–Crippen MR) is 64.0 cm³/mol. The van der Waals surface area contributed by atoms with Gasteiger partial charge in [0.25, 0.3) is 0 Å². The van der Waals surface area contributed by atoms with Crippen molar-refractivity contribution in [3.05, 3.63) is 40.6 Å². The number of halogens is 1. The molecule has 0 amide bonds. The van der Waals surface area contributed by atoms with Crippen LogP contribution in [0, 0.1) is 0 Å². The lowest BCUT2D eigenvalue weighted by Gasteiger charge is -2.02. The number of fused-ring (bicyclic) bond motifs is 1. The van der Waals surface area contributed by atoms with Gasteiger partial charge >= 0.3 is 0 Å². The van der Waals surface area contributed by atoms with Gasteiger partial charge in [-0.2, -0.15) is 0 Å². The summed E-state index contributed by atoms with van der Waals surface area (Å²) in [5.74, 6) is 0. The molecule has 0 unspecified atom stereocenters. The Morgan fingerprint density at radius 1 is 1.53 bits per heavy atom. The summed E-state index contributed by atoms with van der Waals surface area (Å²) < 4.78 is 6.29. The van der Waals surface area contributed by atoms with Gasteiger partial charge in [-0.15, -0.1) is 0 Å². The van der Waals surface area contributed by atoms with Gasteiger partial charge in [0.15, 0.2) is 6.29 Å². The van der Waals surface area contributed by atoms with Gasteiger partial charge in [-0.3, -0.25) is 4.79 Å². The monoisotopic (exact) mass is 264 g/mol. The molecule has 0 radical (unpaired) electrons. The molecule has 0 N–H and O–H groups in total. The van der Waals surface area contributed by atoms with Crippen molar-refractivity contribution >= 4 is 38.8 Å². The first kappa shape index (κ1) is 10.2. The Bertz CT molecular complexity index is 552. The number of rotatable bonds is 2. The van der Waals surface area contributed by atoms with Crippen molar-refractivity contribution in [1.82, 2.24) is 0 Å². The largest absolute Gasteiger partial charge is 0.463 e. The van der Waals surface area contributed by atoms with E-state index in [1.54, 1.807) is 0 Å². The van der Waals surface area contributed by atoms with E-state index in [1.165, 1.54) is 6.26 Å². The normalized spacial score (nSPS) is 10.5. The Morgan fingerprint density at radius 2 is 2.27 bits per heavy atom. The second-order valence-corrected chi connectivity index (χ2v) is 4.33. The van der Waals surface area contributed by atoms with Gasteiger partial charge in [0.2, 0.25) is 0 Å². The third-order valence-corrected chi connectivity index (χ3v) is 2.71. The smallest absolute Gasteiger partial charge is 0.153 e. The van der Waals surface area contributed by atoms with Crippen LogP contribution in [0.4, 0.5) is 0 Å². The van der Waals surface area contributed by atoms with Crippen LogP contribution >= 0.6 is 15.9 Å². The molecule has 2 aromatic rings. The number of hydrogen-bond acceptors (Lipinski definition) is 2. The molecule has 15 heavy (non-hydrogen) atoms. The van der Waals surface area contributed by atoms with E-state index < -0.39 is 0 Å². The molecule has 0 saturated heterocycles. The first-order chi connectivity index (χ1) is 7.13. The Morgan fingerprint density at radius 3 is 2.87 bits per heavy atom. The van der Waals surface area contributed by atoms with Crippen LogP contribution in [0.2, 0.25) is 0 Å². The molecule has 0 atom stereocenters. The fourth-order valence-corrected chi connectivity index (χ4v) is 1.99. The van der Waals surface area contributed by atoms with E-state index in [4.69, 9.17) is 4.42 Å². The molecule has 0 spiro atoms. The second kappa shape index (κ2) is 3.66. The topological polar surface area (TPSA) is 30.2 Å². The number of hydrogen-bond donors (Lipinski definition) is 0. The maximum absolute atomic E-state index is 10.8. The molecule has 0 bridgehead atoms. The maximum Gasteiger partial charge on any atom is 0.153 e. The minimum atomic E-state index is 0.564. The highest BCUT2D eigenvalue weighted by atomic mass is 79.9. The van der Waals surface area contributed by atoms with E-state index >= 15 is 0 Å². The number of carbonyl (C=O) groups excluding carboxylic acids is 1. The minimum absolute atomic E-state index is 0.564. The Kier molecular flexibility index (Phi) is 2.49. The van der Waals surface area contributed by atoms with Crippen molar-refractivity contribution in [3.8, 4) is 0 Å². The molecular weight excluding hydrogens is 256 g/mol. The minimum Gasteiger partial charge on any atom is -0.463 e. The molecule has 0 saturated carbocycles. The van der Waals surface area contributed by atoms with E-state index in [0.29, 0.717) is 11.1 Å². The number of allylic oxidation sites excluding steroid dienone is 1. The van der Waals surface area contributed by atoms with E-state index in [1.807, 2.05) is 19.1 Å². The van der Waals surface area contributed by atoms with Gasteiger partial charge in [0.05, 0.1) is 5.56 Å². The Labute approximate surface area is 95.7 Å². The summed E-state index contributed by atoms with van der Waals surface area (Å²) in [4.78, 5) is 10.8. The van der Waals surface area contributed by atoms with Gasteiger partial charge in [0, 0.05) is 15.4 Å². The average molecular weight is 265 g/mol. The van der Waals surface area contributed by atoms with E-state index in [2.05, 4.69) is 22.5 Å². The zero-order valence-corrected chi connectivity index (χ0v) is 9.80. The van der Waals surface area contributed by atoms with Crippen LogP contribution in [0.25, 0.3) is 16.5 Å². The molecule has 1 aromatic heterocycles. The molecule has 0 aliphatic carbocycles. The quantitative estimate of drug-likeness (QED) is 0.767. The summed E-state index contributed by atoms with van der Waals surface area (Å²) >= 11 is 3.40. The fourth-order valence-electron chi connectivity index (χ4n) is 1.53. The van der Waals surface area contributed by atoms with Crippen LogP contribution in [-0.2, 0) is 0 Å². The third-order valence-electron chi connectivity index (χ3n) is 2.26. The van der Waals surface area contributed by atoms with Crippen LogP contribution in [-0.4, -0.2) is 6.29 Å². The average Bonchev–Trinajstić information content (AvgIpc) is 2.58. The molecule has 76 valence electrons. The van der Waals surface area contributed by atoms with E-state index in [9.17, 15) is 4.79 Å². The number of aldehydes is 1. The van der Waals surface area contributed by atoms with Crippen molar-refractivity contribution in [2.45, 2.75) is 6.92 Å². The molecule has 1 aromatic carbocycles. The Balaban J connectivity index is 2.88. The number of carbonyl (C=O) groups is 1. The maximum atomic E-state index is 10.8. The molecule has 3 heteroatoms. The van der Waals surface area contributed by atoms with Crippen molar-refractivity contribution in [2.75, 3.05) is 0 Å². The molecule has 0 fully saturated rings. The lowest BCUT2D eigenvalue weighted by atomic mass is 10.1. The summed E-state index contributed by atoms with van der Waals surface area (Å²) in [7, 11) is 0. The van der Waals surface area contributed by atoms with Crippen molar-refractivity contribution < 1.29 is 9.21 Å². The predicted octanol–water partition coefficient (Wildman–Crippen LogP) is 4.04. The summed E-state index contributed by atoms with van der Waals surface area (Å²) in [5.41, 5.74) is 3.11. The molecular formula is C12H9BrO2. The van der Waals surface area contributed by atoms with Crippen LogP contribution in [0.3, 0.4) is 0 Å². The number of furan rings is 1. The highest BCUT2D eigenvalue weighted by molar-refractivity contribution is 9.10. The summed E-state index contributed by atoms with van der Waals surface area (Å²) in [6.45, 7) is 5.79. The van der Waals surface area contributed by atoms with Crippen molar-refractivity contribution in [1.29, 1.82) is 0 Å². The first-order valence-electron chi connectivity index (χ1n) is 4.45. The lowest BCUT2D eigenvalue weighted by molar-refractivity contribution is 0.112. The van der Waals surface area contributed by atoms with Crippen LogP contribution in [0.1, 0.15) is 22.8 Å². The molecule has 2 nitrogen and oxygen atoms in total. The van der Waals surface area contributed by atoms with Crippen molar-refractivity contribution in [2.24, 2.45) is 0 Å². The first-order valence-corrected chi connectivity index (χ1v) is 5.24.